The summed E-state index contributed by atoms with van der Waals surface area (Å²) >= 11 is 0. The van der Waals surface area contributed by atoms with Gasteiger partial charge in [0.05, 0.1) is 18.8 Å². The number of carbonyl (C=O) groups is 2. The minimum absolute atomic E-state index is 0.0494. The number of ether oxygens (including phenoxy) is 2. The molecule has 242 valence electrons. The number of alkyl halides is 3. The van der Waals surface area contributed by atoms with Gasteiger partial charge in [0.2, 0.25) is 11.8 Å². The van der Waals surface area contributed by atoms with E-state index in [1.165, 1.54) is 23.4 Å². The smallest absolute Gasteiger partial charge is 0.416 e. The first-order valence-electron chi connectivity index (χ1n) is 15.1. The van der Waals surface area contributed by atoms with Crippen LogP contribution in [0.15, 0.2) is 54.9 Å². The zero-order valence-corrected chi connectivity index (χ0v) is 25.7. The molecule has 1 aliphatic heterocycles. The van der Waals surface area contributed by atoms with Gasteiger partial charge in [0, 0.05) is 44.3 Å². The molecule has 2 aromatic carbocycles. The van der Waals surface area contributed by atoms with E-state index >= 15 is 0 Å². The standard InChI is InChI=1S/C32H39F3N6O4/c1-4-41(27-29(44-5-2)37-21-38-30(27)45-6-3)31(43)36-17-20-40-18-15-24(16-19-40)39-28(42)26-10-8-7-9-25(26)22-11-13-23(14-12-22)32(33,34)35/h7-14,21,24H,4-6,15-20H2,1-3H3,(H,36,43)(H,39,42). The fraction of sp³-hybridized carbons (Fsp3) is 0.438. The lowest BCUT2D eigenvalue weighted by molar-refractivity contribution is -0.137. The second kappa shape index (κ2) is 15.6. The molecule has 13 heteroatoms. The molecule has 1 saturated heterocycles. The molecule has 4 rings (SSSR count). The largest absolute Gasteiger partial charge is 0.476 e. The molecule has 0 aliphatic carbocycles. The molecule has 45 heavy (non-hydrogen) atoms. The Bertz CT molecular complexity index is 1400. The molecular weight excluding hydrogens is 589 g/mol. The first-order valence-corrected chi connectivity index (χ1v) is 15.1. The lowest BCUT2D eigenvalue weighted by Crippen LogP contribution is -2.48. The maximum absolute atomic E-state index is 13.2. The molecule has 0 atom stereocenters. The van der Waals surface area contributed by atoms with Gasteiger partial charge in [0.25, 0.3) is 5.91 Å². The highest BCUT2D eigenvalue weighted by molar-refractivity contribution is 6.01. The average Bonchev–Trinajstić information content (AvgIpc) is 3.03. The Kier molecular flexibility index (Phi) is 11.6. The zero-order chi connectivity index (χ0) is 32.4. The van der Waals surface area contributed by atoms with E-state index in [0.29, 0.717) is 55.2 Å². The minimum atomic E-state index is -4.43. The molecule has 1 fully saturated rings. The van der Waals surface area contributed by atoms with Crippen LogP contribution in [0.25, 0.3) is 11.1 Å². The number of urea groups is 1. The van der Waals surface area contributed by atoms with Gasteiger partial charge in [-0.3, -0.25) is 9.69 Å². The van der Waals surface area contributed by atoms with Crippen molar-refractivity contribution in [2.24, 2.45) is 0 Å². The van der Waals surface area contributed by atoms with Crippen LogP contribution in [0.1, 0.15) is 49.5 Å². The predicted octanol–water partition coefficient (Wildman–Crippen LogP) is 5.39. The third-order valence-corrected chi connectivity index (χ3v) is 7.47. The normalized spacial score (nSPS) is 14.1. The van der Waals surface area contributed by atoms with E-state index in [9.17, 15) is 22.8 Å². The van der Waals surface area contributed by atoms with E-state index in [-0.39, 0.29) is 29.7 Å². The van der Waals surface area contributed by atoms with Gasteiger partial charge < -0.3 is 25.0 Å². The second-order valence-corrected chi connectivity index (χ2v) is 10.4. The van der Waals surface area contributed by atoms with Crippen molar-refractivity contribution < 1.29 is 32.2 Å². The second-order valence-electron chi connectivity index (χ2n) is 10.4. The third kappa shape index (κ3) is 8.62. The highest BCUT2D eigenvalue weighted by Gasteiger charge is 2.30. The molecule has 2 N–H and O–H groups in total. The highest BCUT2D eigenvalue weighted by Crippen LogP contribution is 2.35. The lowest BCUT2D eigenvalue weighted by Gasteiger charge is -2.32. The Morgan fingerprint density at radius 2 is 1.58 bits per heavy atom. The van der Waals surface area contributed by atoms with Crippen LogP contribution in [0.3, 0.4) is 0 Å². The summed E-state index contributed by atoms with van der Waals surface area (Å²) in [5, 5.41) is 6.05. The third-order valence-electron chi connectivity index (χ3n) is 7.47. The van der Waals surface area contributed by atoms with Gasteiger partial charge in [-0.25, -0.2) is 4.79 Å². The summed E-state index contributed by atoms with van der Waals surface area (Å²) in [5.41, 5.74) is 1.17. The molecule has 0 spiro atoms. The fourth-order valence-corrected chi connectivity index (χ4v) is 5.22. The van der Waals surface area contributed by atoms with Crippen LogP contribution in [0.5, 0.6) is 11.8 Å². The number of benzene rings is 2. The number of nitrogens with one attached hydrogen (secondary N) is 2. The first-order chi connectivity index (χ1) is 21.7. The van der Waals surface area contributed by atoms with E-state index in [1.807, 2.05) is 20.8 Å². The fourth-order valence-electron chi connectivity index (χ4n) is 5.22. The Morgan fingerprint density at radius 1 is 0.956 bits per heavy atom. The van der Waals surface area contributed by atoms with Crippen LogP contribution in [0.4, 0.5) is 23.7 Å². The van der Waals surface area contributed by atoms with E-state index in [2.05, 4.69) is 25.5 Å². The maximum Gasteiger partial charge on any atom is 0.416 e. The molecule has 1 aliphatic rings. The molecule has 10 nitrogen and oxygen atoms in total. The van der Waals surface area contributed by atoms with Gasteiger partial charge in [-0.1, -0.05) is 30.3 Å². The van der Waals surface area contributed by atoms with Crippen LogP contribution in [0, 0.1) is 0 Å². The van der Waals surface area contributed by atoms with Gasteiger partial charge in [-0.05, 0) is 62.9 Å². The number of anilines is 1. The summed E-state index contributed by atoms with van der Waals surface area (Å²) in [5.74, 6) is 0.289. The lowest BCUT2D eigenvalue weighted by atomic mass is 9.97. The highest BCUT2D eigenvalue weighted by atomic mass is 19.4. The van der Waals surface area contributed by atoms with E-state index in [4.69, 9.17) is 9.47 Å². The Morgan fingerprint density at radius 3 is 2.16 bits per heavy atom. The van der Waals surface area contributed by atoms with Crippen molar-refractivity contribution in [3.8, 4) is 22.9 Å². The quantitative estimate of drug-likeness (QED) is 0.277. The number of amides is 3. The van der Waals surface area contributed by atoms with Gasteiger partial charge in [0.15, 0.2) is 5.69 Å². The van der Waals surface area contributed by atoms with E-state index in [0.717, 1.165) is 38.1 Å². The van der Waals surface area contributed by atoms with Crippen LogP contribution < -0.4 is 25.0 Å². The number of piperidine rings is 1. The molecule has 0 saturated carbocycles. The molecule has 2 heterocycles. The summed E-state index contributed by atoms with van der Waals surface area (Å²) in [4.78, 5) is 38.5. The Labute approximate surface area is 260 Å². The summed E-state index contributed by atoms with van der Waals surface area (Å²) in [6.07, 6.45) is -1.64. The molecule has 0 radical (unpaired) electrons. The van der Waals surface area contributed by atoms with Crippen molar-refractivity contribution in [3.05, 3.63) is 66.0 Å². The van der Waals surface area contributed by atoms with Crippen molar-refractivity contribution in [1.82, 2.24) is 25.5 Å². The van der Waals surface area contributed by atoms with Crippen LogP contribution in [-0.4, -0.2) is 78.8 Å². The van der Waals surface area contributed by atoms with E-state index < -0.39 is 11.7 Å². The molecular formula is C32H39F3N6O4. The summed E-state index contributed by atoms with van der Waals surface area (Å²) in [6, 6.07) is 11.3. The van der Waals surface area contributed by atoms with Gasteiger partial charge in [0.1, 0.15) is 6.33 Å². The van der Waals surface area contributed by atoms with E-state index in [1.54, 1.807) is 24.3 Å². The number of aromatic nitrogens is 2. The number of rotatable bonds is 12. The number of halogens is 3. The molecule has 3 aromatic rings. The van der Waals surface area contributed by atoms with Crippen LogP contribution in [0.2, 0.25) is 0 Å². The Balaban J connectivity index is 1.29. The van der Waals surface area contributed by atoms with Crippen molar-refractivity contribution >= 4 is 17.6 Å². The average molecular weight is 629 g/mol. The molecule has 3 amide bonds. The van der Waals surface area contributed by atoms with Crippen LogP contribution in [-0.2, 0) is 6.18 Å². The molecule has 1 aromatic heterocycles. The zero-order valence-electron chi connectivity index (χ0n) is 25.7. The first kappa shape index (κ1) is 33.5. The number of carbonyl (C=O) groups excluding carboxylic acids is 2. The van der Waals surface area contributed by atoms with Gasteiger partial charge in [-0.15, -0.1) is 0 Å². The van der Waals surface area contributed by atoms with Crippen LogP contribution >= 0.6 is 0 Å². The predicted molar refractivity (Wildman–Crippen MR) is 165 cm³/mol. The number of hydrogen-bond acceptors (Lipinski definition) is 7. The van der Waals surface area contributed by atoms with Crippen molar-refractivity contribution in [2.45, 2.75) is 45.8 Å². The SMILES string of the molecule is CCOc1ncnc(OCC)c1N(CC)C(=O)NCCN1CCC(NC(=O)c2ccccc2-c2ccc(C(F)(F)F)cc2)CC1. The number of hydrogen-bond donors (Lipinski definition) is 2. The van der Waals surface area contributed by atoms with Gasteiger partial charge >= 0.3 is 12.2 Å². The topological polar surface area (TPSA) is 109 Å². The molecule has 0 bridgehead atoms. The van der Waals surface area contributed by atoms with Gasteiger partial charge in [-0.2, -0.15) is 23.1 Å². The Hall–Kier alpha value is -4.39. The van der Waals surface area contributed by atoms with Crippen molar-refractivity contribution in [3.63, 3.8) is 0 Å². The maximum atomic E-state index is 13.2. The monoisotopic (exact) mass is 628 g/mol. The number of nitrogens with zero attached hydrogens (tertiary/aromatic N) is 4. The summed E-state index contributed by atoms with van der Waals surface area (Å²) in [6.45, 7) is 9.11. The van der Waals surface area contributed by atoms with Crippen molar-refractivity contribution in [2.75, 3.05) is 50.8 Å². The minimum Gasteiger partial charge on any atom is -0.476 e. The van der Waals surface area contributed by atoms with Crippen molar-refractivity contribution in [1.29, 1.82) is 0 Å². The number of likely N-dealkylation sites (tertiary alicyclic amines) is 1. The molecule has 0 unspecified atom stereocenters. The summed E-state index contributed by atoms with van der Waals surface area (Å²) < 4.78 is 50.3. The summed E-state index contributed by atoms with van der Waals surface area (Å²) in [7, 11) is 0.